The quantitative estimate of drug-likeness (QED) is 0.346. The van der Waals surface area contributed by atoms with Crippen molar-refractivity contribution in [1.29, 1.82) is 0 Å². The number of benzene rings is 4. The van der Waals surface area contributed by atoms with E-state index in [2.05, 4.69) is 113 Å². The fourth-order valence-corrected chi connectivity index (χ4v) is 4.27. The highest BCUT2D eigenvalue weighted by molar-refractivity contribution is 6.21. The Kier molecular flexibility index (Phi) is 3.20. The van der Waals surface area contributed by atoms with Crippen LogP contribution >= 0.6 is 0 Å². The lowest BCUT2D eigenvalue weighted by Gasteiger charge is -2.08. The van der Waals surface area contributed by atoms with Gasteiger partial charge in [0, 0.05) is 27.4 Å². The van der Waals surface area contributed by atoms with Gasteiger partial charge in [-0.05, 0) is 35.4 Å². The van der Waals surface area contributed by atoms with Crippen molar-refractivity contribution in [3.63, 3.8) is 0 Å². The third-order valence-electron chi connectivity index (χ3n) is 5.54. The molecule has 4 aromatic carbocycles. The molecule has 0 spiro atoms. The number of para-hydroxylation sites is 2. The summed E-state index contributed by atoms with van der Waals surface area (Å²) in [6.45, 7) is 0. The molecule has 6 rings (SSSR count). The van der Waals surface area contributed by atoms with E-state index in [-0.39, 0.29) is 0 Å². The van der Waals surface area contributed by atoms with Crippen LogP contribution in [0.5, 0.6) is 0 Å². The fourth-order valence-electron chi connectivity index (χ4n) is 4.27. The maximum Gasteiger partial charge on any atom is 0.124 e. The standard InChI is InChI=1S/C26H18N2/c1-3-9-18(10-4-1)19-15-16-22-24(17-19)28(20-11-5-2-6-12-20)26-25(22)21-13-7-8-14-23(21)27-26/h1-17,27H. The zero-order chi connectivity index (χ0) is 18.5. The SMILES string of the molecule is c1ccc(-c2ccc3c4c5ccccc5[nH]c4n(-c4ccccc4)c3c2)cc1. The average molecular weight is 358 g/mol. The molecular weight excluding hydrogens is 340 g/mol. The molecule has 28 heavy (non-hydrogen) atoms. The van der Waals surface area contributed by atoms with Crippen molar-refractivity contribution in [2.24, 2.45) is 0 Å². The number of nitrogens with zero attached hydrogens (tertiary/aromatic N) is 1. The van der Waals surface area contributed by atoms with Gasteiger partial charge in [0.15, 0.2) is 0 Å². The van der Waals surface area contributed by atoms with E-state index in [1.807, 2.05) is 0 Å². The van der Waals surface area contributed by atoms with Gasteiger partial charge in [0.2, 0.25) is 0 Å². The second-order valence-electron chi connectivity index (χ2n) is 7.16. The molecular formula is C26H18N2. The second-order valence-corrected chi connectivity index (χ2v) is 7.16. The summed E-state index contributed by atoms with van der Waals surface area (Å²) in [6, 6.07) is 36.5. The van der Waals surface area contributed by atoms with Crippen LogP contribution in [0.2, 0.25) is 0 Å². The number of nitrogens with one attached hydrogen (secondary N) is 1. The fraction of sp³-hybridized carbons (Fsp3) is 0. The van der Waals surface area contributed by atoms with Crippen LogP contribution < -0.4 is 0 Å². The van der Waals surface area contributed by atoms with Gasteiger partial charge in [-0.3, -0.25) is 4.57 Å². The molecule has 1 N–H and O–H groups in total. The lowest BCUT2D eigenvalue weighted by molar-refractivity contribution is 1.15. The van der Waals surface area contributed by atoms with Crippen molar-refractivity contribution in [2.75, 3.05) is 0 Å². The summed E-state index contributed by atoms with van der Waals surface area (Å²) in [5.74, 6) is 0. The highest BCUT2D eigenvalue weighted by Gasteiger charge is 2.17. The number of fused-ring (bicyclic) bond motifs is 5. The molecule has 2 nitrogen and oxygen atoms in total. The summed E-state index contributed by atoms with van der Waals surface area (Å²) in [4.78, 5) is 3.66. The van der Waals surface area contributed by atoms with Gasteiger partial charge in [0.25, 0.3) is 0 Å². The zero-order valence-corrected chi connectivity index (χ0v) is 15.3. The first-order valence-electron chi connectivity index (χ1n) is 9.56. The van der Waals surface area contributed by atoms with E-state index in [1.54, 1.807) is 0 Å². The van der Waals surface area contributed by atoms with Gasteiger partial charge < -0.3 is 4.98 Å². The second kappa shape index (κ2) is 5.86. The molecule has 0 atom stereocenters. The van der Waals surface area contributed by atoms with Gasteiger partial charge in [-0.1, -0.05) is 78.9 Å². The van der Waals surface area contributed by atoms with E-state index in [0.717, 1.165) is 5.65 Å². The van der Waals surface area contributed by atoms with E-state index in [1.165, 1.54) is 44.0 Å². The van der Waals surface area contributed by atoms with Gasteiger partial charge in [-0.15, -0.1) is 0 Å². The number of hydrogen-bond donors (Lipinski definition) is 1. The summed E-state index contributed by atoms with van der Waals surface area (Å²) < 4.78 is 2.34. The van der Waals surface area contributed by atoms with E-state index < -0.39 is 0 Å². The number of aromatic amines is 1. The van der Waals surface area contributed by atoms with Crippen molar-refractivity contribution in [1.82, 2.24) is 9.55 Å². The number of rotatable bonds is 2. The van der Waals surface area contributed by atoms with Crippen molar-refractivity contribution in [3.8, 4) is 16.8 Å². The van der Waals surface area contributed by atoms with Crippen molar-refractivity contribution < 1.29 is 0 Å². The third kappa shape index (κ3) is 2.15. The topological polar surface area (TPSA) is 20.7 Å². The maximum atomic E-state index is 3.66. The molecule has 0 amide bonds. The maximum absolute atomic E-state index is 3.66. The Bertz CT molecular complexity index is 1440. The summed E-state index contributed by atoms with van der Waals surface area (Å²) in [5, 5.41) is 3.83. The van der Waals surface area contributed by atoms with Crippen LogP contribution in [-0.4, -0.2) is 9.55 Å². The van der Waals surface area contributed by atoms with Gasteiger partial charge in [0.1, 0.15) is 5.65 Å². The Hall–Kier alpha value is -3.78. The summed E-state index contributed by atoms with van der Waals surface area (Å²) in [6.07, 6.45) is 0. The summed E-state index contributed by atoms with van der Waals surface area (Å²) in [5.41, 5.74) is 7.17. The number of H-pyrrole nitrogens is 1. The van der Waals surface area contributed by atoms with Crippen LogP contribution in [0.4, 0.5) is 0 Å². The predicted octanol–water partition coefficient (Wildman–Crippen LogP) is 6.93. The largest absolute Gasteiger partial charge is 0.340 e. The molecule has 0 radical (unpaired) electrons. The van der Waals surface area contributed by atoms with Crippen molar-refractivity contribution in [3.05, 3.63) is 103 Å². The van der Waals surface area contributed by atoms with Crippen LogP contribution in [0.3, 0.4) is 0 Å². The Labute approximate surface area is 162 Å². The molecule has 0 aliphatic heterocycles. The molecule has 0 unspecified atom stereocenters. The normalized spacial score (nSPS) is 11.6. The van der Waals surface area contributed by atoms with Crippen LogP contribution in [0.15, 0.2) is 103 Å². The minimum Gasteiger partial charge on any atom is -0.340 e. The summed E-state index contributed by atoms with van der Waals surface area (Å²) in [7, 11) is 0. The third-order valence-corrected chi connectivity index (χ3v) is 5.54. The Morgan fingerprint density at radius 2 is 1.29 bits per heavy atom. The first kappa shape index (κ1) is 15.3. The first-order chi connectivity index (χ1) is 13.9. The lowest BCUT2D eigenvalue weighted by Crippen LogP contribution is -1.94. The van der Waals surface area contributed by atoms with Gasteiger partial charge in [0.05, 0.1) is 5.52 Å². The molecule has 0 saturated heterocycles. The Morgan fingerprint density at radius 1 is 0.571 bits per heavy atom. The number of aromatic nitrogens is 2. The van der Waals surface area contributed by atoms with Crippen LogP contribution in [0, 0.1) is 0 Å². The van der Waals surface area contributed by atoms with Gasteiger partial charge in [-0.2, -0.15) is 0 Å². The smallest absolute Gasteiger partial charge is 0.124 e. The van der Waals surface area contributed by atoms with Crippen molar-refractivity contribution >= 4 is 32.8 Å². The van der Waals surface area contributed by atoms with Gasteiger partial charge >= 0.3 is 0 Å². The minimum atomic E-state index is 1.15. The highest BCUT2D eigenvalue weighted by Crippen LogP contribution is 2.38. The molecule has 2 heteroatoms. The minimum absolute atomic E-state index is 1.15. The molecule has 0 saturated carbocycles. The average Bonchev–Trinajstić information content (AvgIpc) is 3.29. The molecule has 6 aromatic rings. The van der Waals surface area contributed by atoms with Crippen LogP contribution in [-0.2, 0) is 0 Å². The molecule has 0 aliphatic rings. The lowest BCUT2D eigenvalue weighted by atomic mass is 10.0. The van der Waals surface area contributed by atoms with Crippen LogP contribution in [0.25, 0.3) is 49.7 Å². The Balaban J connectivity index is 1.77. The molecule has 132 valence electrons. The highest BCUT2D eigenvalue weighted by atomic mass is 15.1. The van der Waals surface area contributed by atoms with E-state index in [0.29, 0.717) is 0 Å². The van der Waals surface area contributed by atoms with Crippen LogP contribution in [0.1, 0.15) is 0 Å². The first-order valence-corrected chi connectivity index (χ1v) is 9.56. The number of hydrogen-bond acceptors (Lipinski definition) is 0. The van der Waals surface area contributed by atoms with E-state index in [4.69, 9.17) is 0 Å². The molecule has 2 heterocycles. The molecule has 0 bridgehead atoms. The zero-order valence-electron chi connectivity index (χ0n) is 15.3. The van der Waals surface area contributed by atoms with Crippen molar-refractivity contribution in [2.45, 2.75) is 0 Å². The summed E-state index contributed by atoms with van der Waals surface area (Å²) >= 11 is 0. The molecule has 0 aliphatic carbocycles. The molecule has 2 aromatic heterocycles. The predicted molar refractivity (Wildman–Crippen MR) is 118 cm³/mol. The molecule has 0 fully saturated rings. The monoisotopic (exact) mass is 358 g/mol. The van der Waals surface area contributed by atoms with Gasteiger partial charge in [-0.25, -0.2) is 0 Å². The van der Waals surface area contributed by atoms with E-state index >= 15 is 0 Å². The van der Waals surface area contributed by atoms with E-state index in [9.17, 15) is 0 Å². The Morgan fingerprint density at radius 3 is 2.11 bits per heavy atom.